The monoisotopic (exact) mass is 636 g/mol. The first kappa shape index (κ1) is 41.5. The smallest absolute Gasteiger partial charge is 0.462 e. The number of unbranched alkanes of at least 4 members (excludes halogenated alkanes) is 10. The van der Waals surface area contributed by atoms with Crippen LogP contribution < -0.4 is 0 Å². The highest BCUT2D eigenvalue weighted by Crippen LogP contribution is 2.35. The van der Waals surface area contributed by atoms with Crippen LogP contribution in [-0.4, -0.2) is 41.0 Å². The average Bonchev–Trinajstić information content (AvgIpc) is 2.98. The van der Waals surface area contributed by atoms with E-state index < -0.39 is 32.5 Å². The molecule has 0 saturated carbocycles. The van der Waals surface area contributed by atoms with Crippen LogP contribution in [0.4, 0.5) is 0 Å². The average molecular weight is 637 g/mol. The molecule has 0 aromatic rings. The van der Waals surface area contributed by atoms with Crippen LogP contribution in [0.25, 0.3) is 0 Å². The summed E-state index contributed by atoms with van der Waals surface area (Å²) >= 11 is 0. The van der Waals surface area contributed by atoms with E-state index in [1.165, 1.54) is 0 Å². The number of hydrogen-bond acceptors (Lipinski definition) is 6. The number of phosphoric ester groups is 1. The van der Waals surface area contributed by atoms with Crippen LogP contribution in [0.5, 0.6) is 0 Å². The predicted molar refractivity (Wildman–Crippen MR) is 179 cm³/mol. The molecule has 0 amide bonds. The number of carbonyl (C=O) groups excluding carboxylic acids is 2. The number of hydrogen-bond donors (Lipinski definition) is 2. The number of carbonyl (C=O) groups is 2. The van der Waals surface area contributed by atoms with Gasteiger partial charge < -0.3 is 19.3 Å². The molecule has 0 aromatic heterocycles. The van der Waals surface area contributed by atoms with Crippen molar-refractivity contribution >= 4 is 19.8 Å². The van der Waals surface area contributed by atoms with Gasteiger partial charge in [0.2, 0.25) is 0 Å². The Morgan fingerprint density at radius 3 is 1.50 bits per heavy atom. The SMILES string of the molecule is CC/C=C/C=C/C=C/CCCCCCCC(=O)OCC(COP(=O)(O)O)OC(=O)CCCCCCC/C=C/C=C/C=C/CC. The summed E-state index contributed by atoms with van der Waals surface area (Å²) in [5.41, 5.74) is 0. The van der Waals surface area contributed by atoms with Gasteiger partial charge in [-0.2, -0.15) is 0 Å². The van der Waals surface area contributed by atoms with Gasteiger partial charge >= 0.3 is 19.8 Å². The van der Waals surface area contributed by atoms with Gasteiger partial charge in [0.25, 0.3) is 0 Å². The molecule has 0 bridgehead atoms. The molecule has 0 aliphatic rings. The molecule has 0 rings (SSSR count). The van der Waals surface area contributed by atoms with Gasteiger partial charge in [-0.3, -0.25) is 14.1 Å². The standard InChI is InChI=1S/C35H57O8P/c1-3-5-7-9-11-13-15-17-19-21-23-25-27-29-34(36)41-31-33(32-42-44(38,39)40)43-35(37)30-28-26-24-22-20-18-16-14-12-10-8-6-4-2/h5-16,33H,3-4,17-32H2,1-2H3,(H2,38,39,40)/b7-5+,8-6+,11-9+,12-10+,15-13+,16-14+. The van der Waals surface area contributed by atoms with Crippen molar-refractivity contribution in [2.24, 2.45) is 0 Å². The van der Waals surface area contributed by atoms with Crippen molar-refractivity contribution in [2.45, 2.75) is 123 Å². The number of allylic oxidation sites excluding steroid dienone is 12. The molecule has 1 unspecified atom stereocenters. The van der Waals surface area contributed by atoms with Gasteiger partial charge in [0.05, 0.1) is 6.61 Å². The largest absolute Gasteiger partial charge is 0.469 e. The van der Waals surface area contributed by atoms with E-state index in [1.54, 1.807) is 0 Å². The summed E-state index contributed by atoms with van der Waals surface area (Å²) in [6.07, 6.45) is 37.7. The van der Waals surface area contributed by atoms with Crippen LogP contribution in [0.1, 0.15) is 117 Å². The molecule has 0 aliphatic carbocycles. The van der Waals surface area contributed by atoms with Gasteiger partial charge in [-0.05, 0) is 51.4 Å². The number of phosphoric acid groups is 1. The maximum atomic E-state index is 12.3. The van der Waals surface area contributed by atoms with Gasteiger partial charge in [0.1, 0.15) is 6.61 Å². The van der Waals surface area contributed by atoms with E-state index in [9.17, 15) is 14.2 Å². The zero-order valence-electron chi connectivity index (χ0n) is 27.0. The first-order chi connectivity index (χ1) is 21.3. The highest BCUT2D eigenvalue weighted by Gasteiger charge is 2.22. The quantitative estimate of drug-likeness (QED) is 0.0378. The van der Waals surface area contributed by atoms with E-state index in [-0.39, 0.29) is 19.4 Å². The minimum absolute atomic E-state index is 0.180. The summed E-state index contributed by atoms with van der Waals surface area (Å²) in [4.78, 5) is 42.5. The lowest BCUT2D eigenvalue weighted by Crippen LogP contribution is -2.29. The van der Waals surface area contributed by atoms with Crippen LogP contribution in [0, 0.1) is 0 Å². The van der Waals surface area contributed by atoms with Crippen LogP contribution in [0.15, 0.2) is 72.9 Å². The summed E-state index contributed by atoms with van der Waals surface area (Å²) in [5.74, 6) is -0.945. The van der Waals surface area contributed by atoms with E-state index in [4.69, 9.17) is 19.3 Å². The Labute approximate surface area is 266 Å². The summed E-state index contributed by atoms with van der Waals surface area (Å²) in [6.45, 7) is 3.34. The Kier molecular flexibility index (Phi) is 28.8. The van der Waals surface area contributed by atoms with Gasteiger partial charge in [0, 0.05) is 12.8 Å². The second kappa shape index (κ2) is 30.5. The molecule has 2 N–H and O–H groups in total. The summed E-state index contributed by atoms with van der Waals surface area (Å²) < 4.78 is 26.2. The summed E-state index contributed by atoms with van der Waals surface area (Å²) in [5, 5.41) is 0. The molecule has 0 fully saturated rings. The fourth-order valence-electron chi connectivity index (χ4n) is 3.96. The molecule has 0 spiro atoms. The number of esters is 2. The Balaban J connectivity index is 4.12. The lowest BCUT2D eigenvalue weighted by molar-refractivity contribution is -0.161. The zero-order chi connectivity index (χ0) is 32.6. The molecule has 0 radical (unpaired) electrons. The van der Waals surface area contributed by atoms with Crippen molar-refractivity contribution < 1.29 is 37.9 Å². The normalized spacial score (nSPS) is 13.5. The fraction of sp³-hybridized carbons (Fsp3) is 0.600. The Bertz CT molecular complexity index is 942. The fourth-order valence-corrected chi connectivity index (χ4v) is 4.32. The predicted octanol–water partition coefficient (Wildman–Crippen LogP) is 9.17. The van der Waals surface area contributed by atoms with E-state index in [1.807, 2.05) is 36.5 Å². The van der Waals surface area contributed by atoms with Gasteiger partial charge in [-0.15, -0.1) is 0 Å². The molecule has 1 atom stereocenters. The third kappa shape index (κ3) is 32.4. The first-order valence-electron chi connectivity index (χ1n) is 16.3. The molecule has 9 heteroatoms. The Morgan fingerprint density at radius 1 is 0.591 bits per heavy atom. The molecule has 0 saturated heterocycles. The van der Waals surface area contributed by atoms with Crippen molar-refractivity contribution in [2.75, 3.05) is 13.2 Å². The molecular formula is C35H57O8P. The maximum Gasteiger partial charge on any atom is 0.469 e. The molecular weight excluding hydrogens is 579 g/mol. The molecule has 8 nitrogen and oxygen atoms in total. The van der Waals surface area contributed by atoms with Crippen molar-refractivity contribution in [1.82, 2.24) is 0 Å². The van der Waals surface area contributed by atoms with Crippen LogP contribution in [-0.2, 0) is 28.2 Å². The van der Waals surface area contributed by atoms with Crippen LogP contribution >= 0.6 is 7.82 Å². The molecule has 44 heavy (non-hydrogen) atoms. The minimum atomic E-state index is -4.76. The van der Waals surface area contributed by atoms with E-state index in [2.05, 4.69) is 54.8 Å². The lowest BCUT2D eigenvalue weighted by atomic mass is 10.1. The second-order valence-corrected chi connectivity index (χ2v) is 11.7. The maximum absolute atomic E-state index is 12.3. The first-order valence-corrected chi connectivity index (χ1v) is 17.8. The third-order valence-corrected chi connectivity index (χ3v) is 6.83. The van der Waals surface area contributed by atoms with Crippen LogP contribution in [0.2, 0.25) is 0 Å². The van der Waals surface area contributed by atoms with Crippen molar-refractivity contribution in [1.29, 1.82) is 0 Å². The van der Waals surface area contributed by atoms with Crippen molar-refractivity contribution in [3.63, 3.8) is 0 Å². The summed E-state index contributed by atoms with van der Waals surface area (Å²) in [7, 11) is -4.76. The van der Waals surface area contributed by atoms with E-state index >= 15 is 0 Å². The van der Waals surface area contributed by atoms with Gasteiger partial charge in [0.15, 0.2) is 6.10 Å². The van der Waals surface area contributed by atoms with E-state index in [0.29, 0.717) is 12.8 Å². The number of ether oxygens (including phenoxy) is 2. The molecule has 0 heterocycles. The lowest BCUT2D eigenvalue weighted by Gasteiger charge is -2.18. The zero-order valence-corrected chi connectivity index (χ0v) is 27.9. The van der Waals surface area contributed by atoms with Crippen LogP contribution in [0.3, 0.4) is 0 Å². The number of rotatable bonds is 28. The van der Waals surface area contributed by atoms with Gasteiger partial charge in [-0.25, -0.2) is 4.57 Å². The highest BCUT2D eigenvalue weighted by atomic mass is 31.2. The van der Waals surface area contributed by atoms with Gasteiger partial charge in [-0.1, -0.05) is 125 Å². The second-order valence-electron chi connectivity index (χ2n) is 10.5. The Morgan fingerprint density at radius 2 is 1.02 bits per heavy atom. The highest BCUT2D eigenvalue weighted by molar-refractivity contribution is 7.46. The van der Waals surface area contributed by atoms with E-state index in [0.717, 1.165) is 77.0 Å². The minimum Gasteiger partial charge on any atom is -0.462 e. The summed E-state index contributed by atoms with van der Waals surface area (Å²) in [6, 6.07) is 0. The Hall–Kier alpha value is -2.51. The van der Waals surface area contributed by atoms with Crippen molar-refractivity contribution in [3.8, 4) is 0 Å². The topological polar surface area (TPSA) is 119 Å². The molecule has 250 valence electrons. The molecule has 0 aromatic carbocycles. The third-order valence-electron chi connectivity index (χ3n) is 6.34. The van der Waals surface area contributed by atoms with Crippen molar-refractivity contribution in [3.05, 3.63) is 72.9 Å². The molecule has 0 aliphatic heterocycles.